The minimum atomic E-state index is -0.183. The summed E-state index contributed by atoms with van der Waals surface area (Å²) in [4.78, 5) is 32.8. The van der Waals surface area contributed by atoms with Crippen molar-refractivity contribution in [2.45, 2.75) is 32.1 Å². The lowest BCUT2D eigenvalue weighted by atomic mass is 9.85. The van der Waals surface area contributed by atoms with Gasteiger partial charge in [-0.1, -0.05) is 30.3 Å². The highest BCUT2D eigenvalue weighted by Gasteiger charge is 2.32. The number of para-hydroxylation sites is 1. The molecule has 0 atom stereocenters. The number of amides is 1. The Kier molecular flexibility index (Phi) is 6.53. The molecule has 0 spiro atoms. The number of carbonyl (C=O) groups excluding carboxylic acids is 2. The molecule has 2 aliphatic rings. The van der Waals surface area contributed by atoms with E-state index in [2.05, 4.69) is 6.08 Å². The first-order chi connectivity index (χ1) is 17.1. The van der Waals surface area contributed by atoms with Crippen LogP contribution in [-0.4, -0.2) is 49.1 Å². The number of fused-ring (bicyclic) bond motifs is 2. The fraction of sp³-hybridized carbons (Fsp3) is 0.345. The zero-order valence-corrected chi connectivity index (χ0v) is 20.3. The summed E-state index contributed by atoms with van der Waals surface area (Å²) in [6, 6.07) is 15.9. The van der Waals surface area contributed by atoms with Gasteiger partial charge in [-0.2, -0.15) is 0 Å². The molecule has 6 nitrogen and oxygen atoms in total. The van der Waals surface area contributed by atoms with E-state index in [4.69, 9.17) is 14.5 Å². The third-order valence-electron chi connectivity index (χ3n) is 7.16. The molecule has 0 saturated carbocycles. The van der Waals surface area contributed by atoms with Crippen LogP contribution in [0.15, 0.2) is 48.5 Å². The zero-order valence-electron chi connectivity index (χ0n) is 20.3. The number of piperidine rings is 1. The van der Waals surface area contributed by atoms with Crippen LogP contribution in [0.2, 0.25) is 0 Å². The Morgan fingerprint density at radius 1 is 1.00 bits per heavy atom. The Balaban J connectivity index is 1.54. The second kappa shape index (κ2) is 9.90. The first-order valence-electron chi connectivity index (χ1n) is 12.2. The van der Waals surface area contributed by atoms with Crippen molar-refractivity contribution < 1.29 is 19.1 Å². The molecule has 2 heterocycles. The smallest absolute Gasteiger partial charge is 0.308 e. The molecule has 6 heteroatoms. The van der Waals surface area contributed by atoms with Crippen molar-refractivity contribution in [2.24, 2.45) is 5.92 Å². The topological polar surface area (TPSA) is 68.7 Å². The molecule has 0 unspecified atom stereocenters. The summed E-state index contributed by atoms with van der Waals surface area (Å²) in [6.07, 6.45) is 6.16. The van der Waals surface area contributed by atoms with Gasteiger partial charge in [0, 0.05) is 18.5 Å². The van der Waals surface area contributed by atoms with Crippen molar-refractivity contribution in [3.05, 3.63) is 70.9 Å². The van der Waals surface area contributed by atoms with Gasteiger partial charge in [0.2, 0.25) is 0 Å². The number of allylic oxidation sites excluding steroid dienone is 1. The average molecular weight is 471 g/mol. The number of esters is 1. The molecule has 180 valence electrons. The summed E-state index contributed by atoms with van der Waals surface area (Å²) in [5.74, 6) is 0.543. The quantitative estimate of drug-likeness (QED) is 0.494. The van der Waals surface area contributed by atoms with E-state index in [1.165, 1.54) is 7.11 Å². The molecular formula is C29H30N2O4. The van der Waals surface area contributed by atoms with Gasteiger partial charge in [-0.05, 0) is 73.1 Å². The number of hydrogen-bond acceptors (Lipinski definition) is 5. The van der Waals surface area contributed by atoms with Gasteiger partial charge in [0.05, 0.1) is 36.9 Å². The minimum Gasteiger partial charge on any atom is -0.497 e. The molecule has 0 N–H and O–H groups in total. The highest BCUT2D eigenvalue weighted by atomic mass is 16.5. The lowest BCUT2D eigenvalue weighted by Crippen LogP contribution is -2.41. The molecule has 2 aromatic carbocycles. The summed E-state index contributed by atoms with van der Waals surface area (Å²) in [7, 11) is 3.09. The van der Waals surface area contributed by atoms with Gasteiger partial charge in [-0.15, -0.1) is 0 Å². The maximum absolute atomic E-state index is 13.9. The van der Waals surface area contributed by atoms with Gasteiger partial charge in [0.25, 0.3) is 5.91 Å². The van der Waals surface area contributed by atoms with Gasteiger partial charge in [0.1, 0.15) is 5.75 Å². The van der Waals surface area contributed by atoms with Gasteiger partial charge >= 0.3 is 5.97 Å². The molecule has 1 aliphatic heterocycles. The van der Waals surface area contributed by atoms with Crippen molar-refractivity contribution in [1.29, 1.82) is 0 Å². The van der Waals surface area contributed by atoms with Crippen LogP contribution in [0.5, 0.6) is 5.75 Å². The summed E-state index contributed by atoms with van der Waals surface area (Å²) < 4.78 is 10.2. The van der Waals surface area contributed by atoms with E-state index >= 15 is 0 Å². The van der Waals surface area contributed by atoms with E-state index in [1.807, 2.05) is 53.4 Å². The van der Waals surface area contributed by atoms with Crippen molar-refractivity contribution in [3.8, 4) is 5.75 Å². The van der Waals surface area contributed by atoms with Gasteiger partial charge < -0.3 is 14.4 Å². The Labute approximate surface area is 205 Å². The third kappa shape index (κ3) is 4.53. The van der Waals surface area contributed by atoms with Crippen LogP contribution in [0.1, 0.15) is 52.9 Å². The van der Waals surface area contributed by atoms with Gasteiger partial charge in [-0.3, -0.25) is 9.59 Å². The van der Waals surface area contributed by atoms with Crippen molar-refractivity contribution in [1.82, 2.24) is 9.88 Å². The monoisotopic (exact) mass is 470 g/mol. The van der Waals surface area contributed by atoms with Crippen molar-refractivity contribution in [2.75, 3.05) is 27.3 Å². The number of carbonyl (C=O) groups is 2. The van der Waals surface area contributed by atoms with E-state index in [1.54, 1.807) is 7.11 Å². The predicted octanol–water partition coefficient (Wildman–Crippen LogP) is 5.15. The largest absolute Gasteiger partial charge is 0.497 e. The van der Waals surface area contributed by atoms with E-state index in [0.717, 1.165) is 63.9 Å². The van der Waals surface area contributed by atoms with E-state index < -0.39 is 0 Å². The second-order valence-corrected chi connectivity index (χ2v) is 9.22. The molecule has 0 radical (unpaired) electrons. The molecule has 1 aromatic heterocycles. The zero-order chi connectivity index (χ0) is 24.4. The molecular weight excluding hydrogens is 440 g/mol. The normalized spacial score (nSPS) is 17.3. The number of ether oxygens (including phenoxy) is 2. The summed E-state index contributed by atoms with van der Waals surface area (Å²) in [5.41, 5.74) is 5.80. The van der Waals surface area contributed by atoms with Crippen LogP contribution in [-0.2, 0) is 16.0 Å². The number of benzene rings is 2. The summed E-state index contributed by atoms with van der Waals surface area (Å²) in [6.45, 7) is 1.11. The highest BCUT2D eigenvalue weighted by molar-refractivity contribution is 6.09. The Morgan fingerprint density at radius 3 is 2.46 bits per heavy atom. The SMILES string of the molecule is COC(=O)C1CCN(C(=O)c2c3c(nc4ccccc24)C(=Cc2ccc(OC)cc2)CCC3)CC1. The van der Waals surface area contributed by atoms with E-state index in [-0.39, 0.29) is 17.8 Å². The lowest BCUT2D eigenvalue weighted by Gasteiger charge is -2.32. The van der Waals surface area contributed by atoms with Gasteiger partial charge in [-0.25, -0.2) is 4.98 Å². The third-order valence-corrected chi connectivity index (χ3v) is 7.16. The first kappa shape index (κ1) is 23.1. The van der Waals surface area contributed by atoms with Gasteiger partial charge in [0.15, 0.2) is 0 Å². The fourth-order valence-electron chi connectivity index (χ4n) is 5.26. The van der Waals surface area contributed by atoms with Crippen LogP contribution in [0.25, 0.3) is 22.6 Å². The van der Waals surface area contributed by atoms with Crippen LogP contribution < -0.4 is 4.74 Å². The highest BCUT2D eigenvalue weighted by Crippen LogP contribution is 2.37. The van der Waals surface area contributed by atoms with Crippen molar-refractivity contribution >= 4 is 34.4 Å². The maximum atomic E-state index is 13.9. The Hall–Kier alpha value is -3.67. The number of aromatic nitrogens is 1. The predicted molar refractivity (Wildman–Crippen MR) is 136 cm³/mol. The van der Waals surface area contributed by atoms with Crippen LogP contribution in [0.4, 0.5) is 0 Å². The number of hydrogen-bond donors (Lipinski definition) is 0. The Morgan fingerprint density at radius 2 is 1.74 bits per heavy atom. The molecule has 35 heavy (non-hydrogen) atoms. The standard InChI is InChI=1S/C29H30N2O4/c1-34-22-12-10-19(11-13-22)18-21-6-5-8-24-26(23-7-3-4-9-25(23)30-27(21)24)28(32)31-16-14-20(15-17-31)29(33)35-2/h3-4,7,9-13,18,20H,5-6,8,14-17H2,1-2H3. The maximum Gasteiger partial charge on any atom is 0.308 e. The van der Waals surface area contributed by atoms with Crippen LogP contribution in [0, 0.1) is 5.92 Å². The number of pyridine rings is 1. The average Bonchev–Trinajstić information content (AvgIpc) is 2.91. The minimum absolute atomic E-state index is 0.0360. The second-order valence-electron chi connectivity index (χ2n) is 9.22. The lowest BCUT2D eigenvalue weighted by molar-refractivity contribution is -0.146. The summed E-state index contributed by atoms with van der Waals surface area (Å²) >= 11 is 0. The molecule has 1 amide bonds. The molecule has 1 saturated heterocycles. The summed E-state index contributed by atoms with van der Waals surface area (Å²) in [5, 5.41) is 0.900. The number of methoxy groups -OCH3 is 2. The molecule has 0 bridgehead atoms. The molecule has 5 rings (SSSR count). The van der Waals surface area contributed by atoms with Crippen molar-refractivity contribution in [3.63, 3.8) is 0 Å². The molecule has 3 aromatic rings. The fourth-order valence-corrected chi connectivity index (χ4v) is 5.26. The van der Waals surface area contributed by atoms with E-state index in [0.29, 0.717) is 25.9 Å². The van der Waals surface area contributed by atoms with E-state index in [9.17, 15) is 9.59 Å². The first-order valence-corrected chi connectivity index (χ1v) is 12.2. The molecule has 1 aliphatic carbocycles. The number of likely N-dealkylation sites (tertiary alicyclic amines) is 1. The van der Waals surface area contributed by atoms with Crippen LogP contribution in [0.3, 0.4) is 0 Å². The van der Waals surface area contributed by atoms with Crippen LogP contribution >= 0.6 is 0 Å². The number of rotatable bonds is 4. The Bertz CT molecular complexity index is 1290. The molecule has 1 fully saturated rings. The number of nitrogens with zero attached hydrogens (tertiary/aromatic N) is 2.